The zero-order valence-electron chi connectivity index (χ0n) is 11.2. The molecule has 104 valence electrons. The number of nitrogens with one attached hydrogen (secondary N) is 1. The summed E-state index contributed by atoms with van der Waals surface area (Å²) in [5, 5.41) is 17.0. The fraction of sp³-hybridized carbons (Fsp3) is 0.308. The van der Waals surface area contributed by atoms with Crippen molar-refractivity contribution in [3.63, 3.8) is 0 Å². The number of aryl methyl sites for hydroxylation is 2. The summed E-state index contributed by atoms with van der Waals surface area (Å²) in [6.07, 6.45) is 1.82. The molecule has 2 N–H and O–H groups in total. The molecule has 0 bridgehead atoms. The molecule has 0 aliphatic heterocycles. The van der Waals surface area contributed by atoms with E-state index in [0.29, 0.717) is 12.3 Å². The molecule has 0 amide bonds. The second kappa shape index (κ2) is 6.33. The molecule has 0 radical (unpaired) electrons. The Bertz CT molecular complexity index is 535. The number of methoxy groups -OCH3 is 1. The maximum Gasteiger partial charge on any atom is 0.160 e. The Hall–Kier alpha value is -1.88. The Balaban J connectivity index is 0.00000180. The minimum atomic E-state index is 0. The van der Waals surface area contributed by atoms with Crippen LogP contribution < -0.4 is 10.1 Å². The predicted octanol–water partition coefficient (Wildman–Crippen LogP) is 2.48. The number of halogens is 1. The van der Waals surface area contributed by atoms with Crippen LogP contribution in [0.4, 0.5) is 5.82 Å². The van der Waals surface area contributed by atoms with Crippen molar-refractivity contribution in [3.05, 3.63) is 35.5 Å². The number of phenolic OH excluding ortho intramolecular Hbond substituents is 1. The molecule has 0 aliphatic carbocycles. The Morgan fingerprint density at radius 2 is 2.16 bits per heavy atom. The molecule has 0 fully saturated rings. The summed E-state index contributed by atoms with van der Waals surface area (Å²) in [4.78, 5) is 0. The van der Waals surface area contributed by atoms with E-state index >= 15 is 0 Å². The first kappa shape index (κ1) is 15.2. The van der Waals surface area contributed by atoms with E-state index < -0.39 is 0 Å². The first-order valence-corrected chi connectivity index (χ1v) is 5.70. The van der Waals surface area contributed by atoms with Crippen LogP contribution >= 0.6 is 12.4 Å². The monoisotopic (exact) mass is 283 g/mol. The number of hydrogen-bond acceptors (Lipinski definition) is 4. The summed E-state index contributed by atoms with van der Waals surface area (Å²) in [5.41, 5.74) is 2.13. The zero-order chi connectivity index (χ0) is 13.1. The van der Waals surface area contributed by atoms with Gasteiger partial charge in [-0.25, -0.2) is 0 Å². The molecular formula is C13H18ClN3O2. The van der Waals surface area contributed by atoms with E-state index in [4.69, 9.17) is 4.74 Å². The minimum Gasteiger partial charge on any atom is -0.504 e. The number of nitrogens with zero attached hydrogens (tertiary/aromatic N) is 2. The molecule has 0 saturated heterocycles. The summed E-state index contributed by atoms with van der Waals surface area (Å²) in [6, 6.07) is 5.30. The predicted molar refractivity (Wildman–Crippen MR) is 77.2 cm³/mol. The molecule has 0 spiro atoms. The third-order valence-electron chi connectivity index (χ3n) is 2.83. The van der Waals surface area contributed by atoms with Crippen molar-refractivity contribution in [2.75, 3.05) is 12.4 Å². The van der Waals surface area contributed by atoms with Gasteiger partial charge in [-0.1, -0.05) is 6.07 Å². The van der Waals surface area contributed by atoms with Gasteiger partial charge in [-0.3, -0.25) is 4.68 Å². The van der Waals surface area contributed by atoms with Gasteiger partial charge in [0.1, 0.15) is 5.82 Å². The number of hydrogen-bond donors (Lipinski definition) is 2. The average Bonchev–Trinajstić information content (AvgIpc) is 2.68. The van der Waals surface area contributed by atoms with E-state index in [1.54, 1.807) is 10.7 Å². The first-order valence-electron chi connectivity index (χ1n) is 5.70. The van der Waals surface area contributed by atoms with Crippen molar-refractivity contribution in [3.8, 4) is 11.5 Å². The summed E-state index contributed by atoms with van der Waals surface area (Å²) >= 11 is 0. The summed E-state index contributed by atoms with van der Waals surface area (Å²) in [5.74, 6) is 1.62. The average molecular weight is 284 g/mol. The second-order valence-corrected chi connectivity index (χ2v) is 4.16. The van der Waals surface area contributed by atoms with Crippen molar-refractivity contribution >= 4 is 18.2 Å². The van der Waals surface area contributed by atoms with Crippen LogP contribution in [0.5, 0.6) is 11.5 Å². The van der Waals surface area contributed by atoms with Gasteiger partial charge < -0.3 is 15.2 Å². The zero-order valence-corrected chi connectivity index (χ0v) is 12.0. The largest absolute Gasteiger partial charge is 0.504 e. The maximum atomic E-state index is 9.52. The topological polar surface area (TPSA) is 59.3 Å². The lowest BCUT2D eigenvalue weighted by Crippen LogP contribution is -2.05. The van der Waals surface area contributed by atoms with Crippen molar-refractivity contribution < 1.29 is 9.84 Å². The number of phenols is 1. The number of anilines is 1. The molecule has 1 heterocycles. The van der Waals surface area contributed by atoms with E-state index in [1.807, 2.05) is 32.3 Å². The molecule has 0 unspecified atom stereocenters. The van der Waals surface area contributed by atoms with Crippen LogP contribution in [0, 0.1) is 6.92 Å². The van der Waals surface area contributed by atoms with Gasteiger partial charge in [0.2, 0.25) is 0 Å². The third kappa shape index (κ3) is 3.32. The Kier molecular flexibility index (Phi) is 5.06. The molecule has 0 saturated carbocycles. The molecule has 1 aromatic heterocycles. The molecule has 1 aromatic carbocycles. The van der Waals surface area contributed by atoms with E-state index in [1.165, 1.54) is 7.11 Å². The van der Waals surface area contributed by atoms with Gasteiger partial charge in [-0.2, -0.15) is 5.10 Å². The Labute approximate surface area is 118 Å². The van der Waals surface area contributed by atoms with E-state index in [-0.39, 0.29) is 18.2 Å². The smallest absolute Gasteiger partial charge is 0.160 e. The van der Waals surface area contributed by atoms with Crippen LogP contribution in [0.1, 0.15) is 11.1 Å². The molecular weight excluding hydrogens is 266 g/mol. The third-order valence-corrected chi connectivity index (χ3v) is 2.83. The number of ether oxygens (including phenoxy) is 1. The highest BCUT2D eigenvalue weighted by atomic mass is 35.5. The molecule has 2 aromatic rings. The van der Waals surface area contributed by atoms with E-state index in [0.717, 1.165) is 16.9 Å². The fourth-order valence-electron chi connectivity index (χ4n) is 1.82. The van der Waals surface area contributed by atoms with Gasteiger partial charge in [0.25, 0.3) is 0 Å². The molecule has 2 rings (SSSR count). The summed E-state index contributed by atoms with van der Waals surface area (Å²) in [7, 11) is 3.43. The van der Waals surface area contributed by atoms with Crippen molar-refractivity contribution in [2.45, 2.75) is 13.5 Å². The fourth-order valence-corrected chi connectivity index (χ4v) is 1.82. The van der Waals surface area contributed by atoms with Gasteiger partial charge in [0.05, 0.1) is 13.3 Å². The van der Waals surface area contributed by atoms with Crippen molar-refractivity contribution in [2.24, 2.45) is 7.05 Å². The highest BCUT2D eigenvalue weighted by Crippen LogP contribution is 2.26. The van der Waals surface area contributed by atoms with Crippen LogP contribution in [-0.2, 0) is 13.6 Å². The molecule has 0 atom stereocenters. The normalized spacial score (nSPS) is 9.84. The van der Waals surface area contributed by atoms with Crippen LogP contribution in [0.15, 0.2) is 24.4 Å². The minimum absolute atomic E-state index is 0. The van der Waals surface area contributed by atoms with Crippen LogP contribution in [0.2, 0.25) is 0 Å². The Morgan fingerprint density at radius 3 is 2.74 bits per heavy atom. The number of benzene rings is 1. The van der Waals surface area contributed by atoms with Crippen molar-refractivity contribution in [1.82, 2.24) is 9.78 Å². The SMILES string of the molecule is COc1cc(CNc2c(C)cnn2C)ccc1O.Cl. The lowest BCUT2D eigenvalue weighted by atomic mass is 10.2. The number of aromatic hydroxyl groups is 1. The summed E-state index contributed by atoms with van der Waals surface area (Å²) < 4.78 is 6.87. The summed E-state index contributed by atoms with van der Waals surface area (Å²) in [6.45, 7) is 2.66. The highest BCUT2D eigenvalue weighted by molar-refractivity contribution is 5.85. The first-order chi connectivity index (χ1) is 8.61. The van der Waals surface area contributed by atoms with Gasteiger partial charge in [0.15, 0.2) is 11.5 Å². The van der Waals surface area contributed by atoms with Crippen LogP contribution in [0.25, 0.3) is 0 Å². The van der Waals surface area contributed by atoms with Gasteiger partial charge in [-0.05, 0) is 24.6 Å². The molecule has 6 heteroatoms. The van der Waals surface area contributed by atoms with E-state index in [9.17, 15) is 5.11 Å². The van der Waals surface area contributed by atoms with Gasteiger partial charge in [0, 0.05) is 19.2 Å². The number of rotatable bonds is 4. The highest BCUT2D eigenvalue weighted by Gasteiger charge is 2.05. The van der Waals surface area contributed by atoms with Crippen LogP contribution in [-0.4, -0.2) is 22.0 Å². The van der Waals surface area contributed by atoms with Gasteiger partial charge in [-0.15, -0.1) is 12.4 Å². The quantitative estimate of drug-likeness (QED) is 0.905. The molecule has 0 aliphatic rings. The Morgan fingerprint density at radius 1 is 1.42 bits per heavy atom. The standard InChI is InChI=1S/C13H17N3O2.ClH/c1-9-7-15-16(2)13(9)14-8-10-4-5-11(17)12(6-10)18-3;/h4-7,14,17H,8H2,1-3H3;1H. The van der Waals surface area contributed by atoms with Crippen LogP contribution in [0.3, 0.4) is 0 Å². The number of aromatic nitrogens is 2. The molecule has 5 nitrogen and oxygen atoms in total. The maximum absolute atomic E-state index is 9.52. The molecule has 19 heavy (non-hydrogen) atoms. The van der Waals surface area contributed by atoms with E-state index in [2.05, 4.69) is 10.4 Å². The lowest BCUT2D eigenvalue weighted by Gasteiger charge is -2.10. The second-order valence-electron chi connectivity index (χ2n) is 4.16. The lowest BCUT2D eigenvalue weighted by molar-refractivity contribution is 0.373. The van der Waals surface area contributed by atoms with Crippen molar-refractivity contribution in [1.29, 1.82) is 0 Å². The van der Waals surface area contributed by atoms with Gasteiger partial charge >= 0.3 is 0 Å².